The second-order valence-corrected chi connectivity index (χ2v) is 9.57. The molecular weight excluding hydrogens is 476 g/mol. The normalized spacial score (nSPS) is 14.7. The largest absolute Gasteiger partial charge is 0.323 e. The molecule has 2 heterocycles. The van der Waals surface area contributed by atoms with E-state index in [9.17, 15) is 4.79 Å². The lowest BCUT2D eigenvalue weighted by atomic mass is 10.2. The molecule has 1 aromatic heterocycles. The molecule has 0 spiro atoms. The zero-order valence-electron chi connectivity index (χ0n) is 19.8. The number of hydrogen-bond acceptors (Lipinski definition) is 4. The number of hydrogen-bond donors (Lipinski definition) is 1. The number of benzene rings is 4. The van der Waals surface area contributed by atoms with Crippen LogP contribution in [0.3, 0.4) is 0 Å². The lowest BCUT2D eigenvalue weighted by Gasteiger charge is -2.14. The first-order valence-electron chi connectivity index (χ1n) is 11.9. The van der Waals surface area contributed by atoms with Crippen LogP contribution in [-0.4, -0.2) is 21.7 Å². The van der Waals surface area contributed by atoms with E-state index in [0.717, 1.165) is 32.0 Å². The summed E-state index contributed by atoms with van der Waals surface area (Å²) in [6.45, 7) is 0. The maximum atomic E-state index is 13.6. The van der Waals surface area contributed by atoms with Crippen molar-refractivity contribution in [1.82, 2.24) is 9.97 Å². The molecule has 5 nitrogen and oxygen atoms in total. The number of allylic oxidation sites excluding steroid dienone is 2. The molecule has 0 bridgehead atoms. The standard InChI is InChI=1S/C31H22N4OS/c36-30-27(18-10-13-22-11-4-1-5-12-22)32-29(23-14-6-2-7-15-23)35(30)31-33-26-20-19-25(21-28(26)34-31)37-24-16-8-3-9-17-24/h1-21H,(H,33,34). The van der Waals surface area contributed by atoms with Crippen molar-refractivity contribution in [2.24, 2.45) is 4.99 Å². The van der Waals surface area contributed by atoms with E-state index in [1.807, 2.05) is 103 Å². The number of amides is 1. The number of amidine groups is 1. The van der Waals surface area contributed by atoms with E-state index in [2.05, 4.69) is 23.2 Å². The fourth-order valence-corrected chi connectivity index (χ4v) is 4.97. The summed E-state index contributed by atoms with van der Waals surface area (Å²) >= 11 is 1.68. The predicted octanol–water partition coefficient (Wildman–Crippen LogP) is 7.10. The van der Waals surface area contributed by atoms with Gasteiger partial charge in [-0.25, -0.2) is 14.9 Å². The Morgan fingerprint density at radius 1 is 0.784 bits per heavy atom. The minimum absolute atomic E-state index is 0.227. The van der Waals surface area contributed by atoms with Gasteiger partial charge in [0.2, 0.25) is 5.95 Å². The zero-order valence-corrected chi connectivity index (χ0v) is 20.6. The number of carbonyl (C=O) groups excluding carboxylic acids is 1. The van der Waals surface area contributed by atoms with Crippen molar-refractivity contribution < 1.29 is 4.79 Å². The molecule has 6 heteroatoms. The van der Waals surface area contributed by atoms with Gasteiger partial charge in [0.15, 0.2) is 5.84 Å². The third kappa shape index (κ3) is 4.87. The molecule has 0 unspecified atom stereocenters. The molecular formula is C31H22N4OS. The van der Waals surface area contributed by atoms with Crippen LogP contribution in [-0.2, 0) is 4.79 Å². The highest BCUT2D eigenvalue weighted by atomic mass is 32.2. The Morgan fingerprint density at radius 2 is 1.49 bits per heavy atom. The number of aromatic amines is 1. The number of imidazole rings is 1. The summed E-state index contributed by atoms with van der Waals surface area (Å²) in [5, 5.41) is 0. The van der Waals surface area contributed by atoms with Gasteiger partial charge >= 0.3 is 0 Å². The van der Waals surface area contributed by atoms with Crippen molar-refractivity contribution >= 4 is 46.6 Å². The van der Waals surface area contributed by atoms with Crippen LogP contribution < -0.4 is 4.90 Å². The smallest absolute Gasteiger partial charge is 0.285 e. The number of H-pyrrole nitrogens is 1. The summed E-state index contributed by atoms with van der Waals surface area (Å²) in [5.74, 6) is 0.761. The van der Waals surface area contributed by atoms with E-state index in [1.54, 1.807) is 22.7 Å². The Labute approximate surface area is 218 Å². The molecule has 178 valence electrons. The van der Waals surface area contributed by atoms with Gasteiger partial charge in [-0.3, -0.25) is 4.79 Å². The van der Waals surface area contributed by atoms with Crippen molar-refractivity contribution in [3.63, 3.8) is 0 Å². The third-order valence-corrected chi connectivity index (χ3v) is 6.86. The number of nitrogens with zero attached hydrogens (tertiary/aromatic N) is 3. The Kier molecular flexibility index (Phi) is 6.23. The first-order valence-corrected chi connectivity index (χ1v) is 12.7. The number of carbonyl (C=O) groups is 1. The molecule has 1 N–H and O–H groups in total. The van der Waals surface area contributed by atoms with E-state index in [0.29, 0.717) is 17.5 Å². The minimum atomic E-state index is -0.227. The number of aromatic nitrogens is 2. The third-order valence-electron chi connectivity index (χ3n) is 5.87. The van der Waals surface area contributed by atoms with Crippen molar-refractivity contribution in [3.8, 4) is 0 Å². The van der Waals surface area contributed by atoms with Crippen LogP contribution in [0.2, 0.25) is 0 Å². The van der Waals surface area contributed by atoms with Gasteiger partial charge in [0.1, 0.15) is 5.70 Å². The first-order chi connectivity index (χ1) is 18.2. The van der Waals surface area contributed by atoms with Crippen molar-refractivity contribution in [1.29, 1.82) is 0 Å². The maximum Gasteiger partial charge on any atom is 0.285 e. The Balaban J connectivity index is 1.35. The lowest BCUT2D eigenvalue weighted by Crippen LogP contribution is -2.33. The number of rotatable bonds is 6. The van der Waals surface area contributed by atoms with E-state index in [-0.39, 0.29) is 5.91 Å². The molecule has 0 fully saturated rings. The summed E-state index contributed by atoms with van der Waals surface area (Å²) in [4.78, 5) is 30.2. The molecule has 1 amide bonds. The van der Waals surface area contributed by atoms with Crippen LogP contribution in [0.1, 0.15) is 11.1 Å². The van der Waals surface area contributed by atoms with Crippen LogP contribution in [0, 0.1) is 0 Å². The second kappa shape index (κ2) is 10.1. The Hall–Kier alpha value is -4.68. The highest BCUT2D eigenvalue weighted by Crippen LogP contribution is 2.31. The molecule has 4 aromatic carbocycles. The molecule has 0 atom stereocenters. The van der Waals surface area contributed by atoms with Gasteiger partial charge in [-0.2, -0.15) is 0 Å². The number of fused-ring (bicyclic) bond motifs is 1. The molecule has 37 heavy (non-hydrogen) atoms. The fourth-order valence-electron chi connectivity index (χ4n) is 4.09. The van der Waals surface area contributed by atoms with Gasteiger partial charge in [0.25, 0.3) is 5.91 Å². The summed E-state index contributed by atoms with van der Waals surface area (Å²) in [6, 6.07) is 35.9. The number of anilines is 1. The number of nitrogens with one attached hydrogen (secondary N) is 1. The molecule has 0 saturated heterocycles. The highest BCUT2D eigenvalue weighted by molar-refractivity contribution is 7.99. The van der Waals surface area contributed by atoms with E-state index < -0.39 is 0 Å². The van der Waals surface area contributed by atoms with Crippen molar-refractivity contribution in [3.05, 3.63) is 138 Å². The van der Waals surface area contributed by atoms with E-state index >= 15 is 0 Å². The molecule has 5 aromatic rings. The lowest BCUT2D eigenvalue weighted by molar-refractivity contribution is -0.113. The Morgan fingerprint density at radius 3 is 2.24 bits per heavy atom. The van der Waals surface area contributed by atoms with Crippen LogP contribution >= 0.6 is 11.8 Å². The first kappa shape index (κ1) is 22.8. The summed E-state index contributed by atoms with van der Waals surface area (Å²) < 4.78 is 0. The minimum Gasteiger partial charge on any atom is -0.323 e. The quantitative estimate of drug-likeness (QED) is 0.254. The summed E-state index contributed by atoms with van der Waals surface area (Å²) in [5.41, 5.74) is 3.89. The van der Waals surface area contributed by atoms with Gasteiger partial charge < -0.3 is 4.98 Å². The zero-order chi connectivity index (χ0) is 25.0. The summed E-state index contributed by atoms with van der Waals surface area (Å²) in [6.07, 6.45) is 5.55. The van der Waals surface area contributed by atoms with Crippen LogP contribution in [0.4, 0.5) is 5.95 Å². The van der Waals surface area contributed by atoms with Crippen molar-refractivity contribution in [2.45, 2.75) is 9.79 Å². The predicted molar refractivity (Wildman–Crippen MR) is 151 cm³/mol. The highest BCUT2D eigenvalue weighted by Gasteiger charge is 2.34. The van der Waals surface area contributed by atoms with Crippen LogP contribution in [0.5, 0.6) is 0 Å². The Bertz CT molecular complexity index is 1660. The van der Waals surface area contributed by atoms with Gasteiger partial charge in [-0.1, -0.05) is 103 Å². The SMILES string of the molecule is O=C1C(=CC=Cc2ccccc2)N=C(c2ccccc2)N1c1nc2ccc(Sc3ccccc3)cc2[nH]1. The molecule has 1 aliphatic heterocycles. The van der Waals surface area contributed by atoms with Gasteiger partial charge in [-0.15, -0.1) is 0 Å². The molecule has 1 aliphatic rings. The van der Waals surface area contributed by atoms with Crippen LogP contribution in [0.25, 0.3) is 17.1 Å². The molecule has 0 saturated carbocycles. The second-order valence-electron chi connectivity index (χ2n) is 8.42. The molecule has 6 rings (SSSR count). The number of aliphatic imine (C=N–C) groups is 1. The van der Waals surface area contributed by atoms with Gasteiger partial charge in [-0.05, 0) is 42.0 Å². The maximum absolute atomic E-state index is 13.6. The monoisotopic (exact) mass is 498 g/mol. The van der Waals surface area contributed by atoms with Crippen LogP contribution in [0.15, 0.2) is 142 Å². The topological polar surface area (TPSA) is 61.4 Å². The average molecular weight is 499 g/mol. The fraction of sp³-hybridized carbons (Fsp3) is 0. The average Bonchev–Trinajstić information content (AvgIpc) is 3.50. The van der Waals surface area contributed by atoms with E-state index in [1.165, 1.54) is 0 Å². The van der Waals surface area contributed by atoms with E-state index in [4.69, 9.17) is 9.98 Å². The van der Waals surface area contributed by atoms with Gasteiger partial charge in [0.05, 0.1) is 11.0 Å². The summed E-state index contributed by atoms with van der Waals surface area (Å²) in [7, 11) is 0. The van der Waals surface area contributed by atoms with Crippen molar-refractivity contribution in [2.75, 3.05) is 4.90 Å². The molecule has 0 radical (unpaired) electrons. The van der Waals surface area contributed by atoms with Gasteiger partial charge in [0, 0.05) is 15.4 Å². The molecule has 0 aliphatic carbocycles.